The number of nitrogens with zero attached hydrogens (tertiary/aromatic N) is 1. The highest BCUT2D eigenvalue weighted by Gasteiger charge is 2.37. The maximum atomic E-state index is 12.6. The number of carbonyl (C=O) groups is 1. The Morgan fingerprint density at radius 3 is 2.16 bits per heavy atom. The van der Waals surface area contributed by atoms with Crippen LogP contribution in [-0.2, 0) is 9.16 Å². The SMILES string of the molecule is CC(C)(C)OC(=O)N(CCO[Si](C)(C)C(C)(C)C)CC1CCNCC1. The van der Waals surface area contributed by atoms with Crippen LogP contribution in [0.3, 0.4) is 0 Å². The highest BCUT2D eigenvalue weighted by molar-refractivity contribution is 6.74. The van der Waals surface area contributed by atoms with Crippen LogP contribution in [0.5, 0.6) is 0 Å². The van der Waals surface area contributed by atoms with Crippen molar-refractivity contribution in [1.82, 2.24) is 10.2 Å². The summed E-state index contributed by atoms with van der Waals surface area (Å²) >= 11 is 0. The Morgan fingerprint density at radius 2 is 1.68 bits per heavy atom. The van der Waals surface area contributed by atoms with Crippen LogP contribution in [0.25, 0.3) is 0 Å². The van der Waals surface area contributed by atoms with Crippen molar-refractivity contribution in [3.63, 3.8) is 0 Å². The zero-order chi connectivity index (χ0) is 19.3. The molecule has 0 atom stereocenters. The van der Waals surface area contributed by atoms with E-state index in [0.717, 1.165) is 32.5 Å². The lowest BCUT2D eigenvalue weighted by Gasteiger charge is -2.37. The summed E-state index contributed by atoms with van der Waals surface area (Å²) < 4.78 is 11.9. The lowest BCUT2D eigenvalue weighted by Crippen LogP contribution is -2.46. The molecule has 25 heavy (non-hydrogen) atoms. The van der Waals surface area contributed by atoms with Crippen molar-refractivity contribution >= 4 is 14.4 Å². The maximum Gasteiger partial charge on any atom is 0.410 e. The van der Waals surface area contributed by atoms with Gasteiger partial charge < -0.3 is 19.4 Å². The first-order chi connectivity index (χ1) is 11.3. The smallest absolute Gasteiger partial charge is 0.410 e. The molecule has 0 saturated carbocycles. The van der Waals surface area contributed by atoms with Gasteiger partial charge in [-0.1, -0.05) is 20.8 Å². The van der Waals surface area contributed by atoms with E-state index in [1.54, 1.807) is 0 Å². The second kappa shape index (κ2) is 8.87. The quantitative estimate of drug-likeness (QED) is 0.708. The van der Waals surface area contributed by atoms with Gasteiger partial charge in [0.2, 0.25) is 0 Å². The summed E-state index contributed by atoms with van der Waals surface area (Å²) in [5.74, 6) is 0.543. The van der Waals surface area contributed by atoms with Crippen molar-refractivity contribution < 1.29 is 14.0 Å². The molecule has 0 spiro atoms. The minimum absolute atomic E-state index is 0.179. The van der Waals surface area contributed by atoms with Crippen molar-refractivity contribution in [2.75, 3.05) is 32.8 Å². The molecule has 0 aromatic carbocycles. The third-order valence-electron chi connectivity index (χ3n) is 5.22. The molecule has 5 nitrogen and oxygen atoms in total. The Hall–Kier alpha value is -0.593. The first-order valence-electron chi connectivity index (χ1n) is 9.64. The normalized spacial score (nSPS) is 17.4. The third kappa shape index (κ3) is 8.09. The number of amides is 1. The van der Waals surface area contributed by atoms with E-state index in [1.807, 2.05) is 25.7 Å². The fraction of sp³-hybridized carbons (Fsp3) is 0.947. The van der Waals surface area contributed by atoms with Crippen molar-refractivity contribution in [1.29, 1.82) is 0 Å². The second-order valence-corrected chi connectivity index (χ2v) is 14.5. The molecule has 0 unspecified atom stereocenters. The predicted molar refractivity (Wildman–Crippen MR) is 107 cm³/mol. The topological polar surface area (TPSA) is 50.8 Å². The average molecular weight is 373 g/mol. The zero-order valence-corrected chi connectivity index (χ0v) is 18.7. The van der Waals surface area contributed by atoms with Crippen LogP contribution in [-0.4, -0.2) is 57.7 Å². The Bertz CT molecular complexity index is 421. The summed E-state index contributed by atoms with van der Waals surface area (Å²) in [6.45, 7) is 21.0. The summed E-state index contributed by atoms with van der Waals surface area (Å²) in [6, 6.07) is 0. The minimum atomic E-state index is -1.79. The molecule has 1 saturated heterocycles. The maximum absolute atomic E-state index is 12.6. The summed E-state index contributed by atoms with van der Waals surface area (Å²) in [4.78, 5) is 14.5. The van der Waals surface area contributed by atoms with Crippen LogP contribution >= 0.6 is 0 Å². The van der Waals surface area contributed by atoms with Crippen molar-refractivity contribution in [3.8, 4) is 0 Å². The van der Waals surface area contributed by atoms with Crippen molar-refractivity contribution in [2.24, 2.45) is 5.92 Å². The molecule has 1 amide bonds. The number of piperidine rings is 1. The fourth-order valence-corrected chi connectivity index (χ4v) is 3.62. The molecule has 1 rings (SSSR count). The van der Waals surface area contributed by atoms with E-state index in [2.05, 4.69) is 39.2 Å². The molecule has 1 fully saturated rings. The number of hydrogen-bond donors (Lipinski definition) is 1. The van der Waals surface area contributed by atoms with Gasteiger partial charge in [0.25, 0.3) is 0 Å². The number of carbonyl (C=O) groups excluding carboxylic acids is 1. The van der Waals surface area contributed by atoms with Gasteiger partial charge >= 0.3 is 6.09 Å². The van der Waals surface area contributed by atoms with Crippen LogP contribution in [0.2, 0.25) is 18.1 Å². The molecule has 0 bridgehead atoms. The van der Waals surface area contributed by atoms with Gasteiger partial charge in [0.05, 0.1) is 6.61 Å². The summed E-state index contributed by atoms with van der Waals surface area (Å²) in [6.07, 6.45) is 2.01. The molecule has 0 aromatic rings. The van der Waals surface area contributed by atoms with E-state index in [4.69, 9.17) is 9.16 Å². The van der Waals surface area contributed by atoms with E-state index in [-0.39, 0.29) is 11.1 Å². The minimum Gasteiger partial charge on any atom is -0.444 e. The standard InChI is InChI=1S/C19H40N2O3Si/c1-18(2,3)24-17(22)21(15-16-9-11-20-12-10-16)13-14-23-25(7,8)19(4,5)6/h16,20H,9-15H2,1-8H3. The van der Waals surface area contributed by atoms with Gasteiger partial charge in [-0.3, -0.25) is 0 Å². The first-order valence-corrected chi connectivity index (χ1v) is 12.6. The van der Waals surface area contributed by atoms with Crippen LogP contribution < -0.4 is 5.32 Å². The molecular formula is C19H40N2O3Si. The molecular weight excluding hydrogens is 332 g/mol. The Labute approximate surface area is 156 Å². The van der Waals surface area contributed by atoms with Gasteiger partial charge in [-0.05, 0) is 70.8 Å². The Kier molecular flexibility index (Phi) is 7.96. The van der Waals surface area contributed by atoms with Crippen molar-refractivity contribution in [2.45, 2.75) is 78.1 Å². The molecule has 6 heteroatoms. The number of nitrogens with one attached hydrogen (secondary N) is 1. The number of rotatable bonds is 6. The highest BCUT2D eigenvalue weighted by atomic mass is 28.4. The molecule has 148 valence electrons. The lowest BCUT2D eigenvalue weighted by atomic mass is 9.98. The monoisotopic (exact) mass is 372 g/mol. The molecule has 1 heterocycles. The van der Waals surface area contributed by atoms with E-state index >= 15 is 0 Å². The van der Waals surface area contributed by atoms with Gasteiger partial charge in [-0.2, -0.15) is 0 Å². The fourth-order valence-electron chi connectivity index (χ4n) is 2.59. The van der Waals surface area contributed by atoms with Gasteiger partial charge in [0.15, 0.2) is 8.32 Å². The average Bonchev–Trinajstić information content (AvgIpc) is 2.44. The van der Waals surface area contributed by atoms with E-state index in [9.17, 15) is 4.79 Å². The third-order valence-corrected chi connectivity index (χ3v) is 9.76. The molecule has 0 aliphatic carbocycles. The molecule has 0 radical (unpaired) electrons. The summed E-state index contributed by atoms with van der Waals surface area (Å²) in [5, 5.41) is 3.56. The molecule has 1 aliphatic heterocycles. The zero-order valence-electron chi connectivity index (χ0n) is 17.7. The summed E-state index contributed by atoms with van der Waals surface area (Å²) in [7, 11) is -1.79. The van der Waals surface area contributed by atoms with Crippen LogP contribution in [0.4, 0.5) is 4.79 Å². The molecule has 1 N–H and O–H groups in total. The Balaban J connectivity index is 2.65. The van der Waals surface area contributed by atoms with Crippen LogP contribution in [0, 0.1) is 5.92 Å². The second-order valence-electron chi connectivity index (χ2n) is 9.73. The molecule has 1 aliphatic rings. The molecule has 0 aromatic heterocycles. The largest absolute Gasteiger partial charge is 0.444 e. The lowest BCUT2D eigenvalue weighted by molar-refractivity contribution is 0.0181. The van der Waals surface area contributed by atoms with E-state index in [0.29, 0.717) is 19.1 Å². The van der Waals surface area contributed by atoms with Gasteiger partial charge in [-0.25, -0.2) is 4.79 Å². The van der Waals surface area contributed by atoms with Gasteiger partial charge in [0, 0.05) is 13.1 Å². The highest BCUT2D eigenvalue weighted by Crippen LogP contribution is 2.36. The Morgan fingerprint density at radius 1 is 1.12 bits per heavy atom. The number of ether oxygens (including phenoxy) is 1. The number of hydrogen-bond acceptors (Lipinski definition) is 4. The first kappa shape index (κ1) is 22.4. The van der Waals surface area contributed by atoms with E-state index in [1.165, 1.54) is 0 Å². The van der Waals surface area contributed by atoms with Crippen molar-refractivity contribution in [3.05, 3.63) is 0 Å². The summed E-state index contributed by atoms with van der Waals surface area (Å²) in [5.41, 5.74) is -0.469. The van der Waals surface area contributed by atoms with Gasteiger partial charge in [0.1, 0.15) is 5.60 Å². The van der Waals surface area contributed by atoms with Gasteiger partial charge in [-0.15, -0.1) is 0 Å². The van der Waals surface area contributed by atoms with Crippen LogP contribution in [0.1, 0.15) is 54.4 Å². The predicted octanol–water partition coefficient (Wildman–Crippen LogP) is 4.24. The van der Waals surface area contributed by atoms with Crippen LogP contribution in [0.15, 0.2) is 0 Å². The van der Waals surface area contributed by atoms with E-state index < -0.39 is 13.9 Å².